The van der Waals surface area contributed by atoms with E-state index in [-0.39, 0.29) is 23.9 Å². The summed E-state index contributed by atoms with van der Waals surface area (Å²) in [5.74, 6) is -0.318. The number of ether oxygens (including phenoxy) is 2. The molecule has 0 unspecified atom stereocenters. The quantitative estimate of drug-likeness (QED) is 0.425. The molecule has 0 saturated carbocycles. The molecule has 0 radical (unpaired) electrons. The summed E-state index contributed by atoms with van der Waals surface area (Å²) in [5.41, 5.74) is 0.763. The highest BCUT2D eigenvalue weighted by Crippen LogP contribution is 2.34. The van der Waals surface area contributed by atoms with Gasteiger partial charge in [0.1, 0.15) is 24.1 Å². The Morgan fingerprint density at radius 2 is 1.72 bits per heavy atom. The van der Waals surface area contributed by atoms with Gasteiger partial charge in [0.15, 0.2) is 0 Å². The monoisotopic (exact) mass is 559 g/mol. The van der Waals surface area contributed by atoms with Crippen molar-refractivity contribution >= 4 is 50.7 Å². The Morgan fingerprint density at radius 1 is 1.03 bits per heavy atom. The topological polar surface area (TPSA) is 105 Å². The molecule has 0 fully saturated rings. The zero-order chi connectivity index (χ0) is 27.0. The molecule has 0 saturated heterocycles. The van der Waals surface area contributed by atoms with Crippen LogP contribution in [0.2, 0.25) is 10.0 Å². The second kappa shape index (κ2) is 13.0. The fraction of sp³-hybridized carbons (Fsp3) is 0.417. The van der Waals surface area contributed by atoms with E-state index in [1.54, 1.807) is 44.2 Å². The Bertz CT molecular complexity index is 1190. The normalized spacial score (nSPS) is 12.0. The molecule has 2 aromatic carbocycles. The molecule has 198 valence electrons. The van der Waals surface area contributed by atoms with Gasteiger partial charge in [-0.25, -0.2) is 8.42 Å². The van der Waals surface area contributed by atoms with Gasteiger partial charge in [0.05, 0.1) is 36.2 Å². The molecule has 9 nitrogen and oxygen atoms in total. The molecular weight excluding hydrogens is 529 g/mol. The van der Waals surface area contributed by atoms with E-state index in [9.17, 15) is 18.0 Å². The number of halogens is 2. The lowest BCUT2D eigenvalue weighted by Gasteiger charge is -2.33. The van der Waals surface area contributed by atoms with Crippen LogP contribution in [-0.4, -0.2) is 64.7 Å². The van der Waals surface area contributed by atoms with Crippen LogP contribution < -0.4 is 19.1 Å². The van der Waals surface area contributed by atoms with Crippen molar-refractivity contribution in [1.82, 2.24) is 10.2 Å². The summed E-state index contributed by atoms with van der Waals surface area (Å²) >= 11 is 12.2. The van der Waals surface area contributed by atoms with Gasteiger partial charge in [-0.3, -0.25) is 13.9 Å². The SMILES string of the molecule is CCNC(=O)[C@@H](CC)N(Cc1ccc(Cl)c(Cl)c1)C(=O)CN(c1cc(OC)ccc1OC)S(C)(=O)=O. The first-order valence-electron chi connectivity index (χ1n) is 11.2. The third-order valence-corrected chi connectivity index (χ3v) is 7.27. The highest BCUT2D eigenvalue weighted by molar-refractivity contribution is 7.92. The van der Waals surface area contributed by atoms with Crippen LogP contribution >= 0.6 is 23.2 Å². The molecule has 12 heteroatoms. The minimum Gasteiger partial charge on any atom is -0.497 e. The number of carbonyl (C=O) groups excluding carboxylic acids is 2. The van der Waals surface area contributed by atoms with Crippen LogP contribution in [0.3, 0.4) is 0 Å². The van der Waals surface area contributed by atoms with E-state index < -0.39 is 28.5 Å². The second-order valence-electron chi connectivity index (χ2n) is 7.90. The minimum absolute atomic E-state index is 0.0121. The number of nitrogens with one attached hydrogen (secondary N) is 1. The molecule has 0 aliphatic heterocycles. The molecule has 2 rings (SSSR count). The van der Waals surface area contributed by atoms with E-state index in [4.69, 9.17) is 32.7 Å². The van der Waals surface area contributed by atoms with Crippen LogP contribution in [-0.2, 0) is 26.2 Å². The van der Waals surface area contributed by atoms with Crippen LogP contribution in [0.4, 0.5) is 5.69 Å². The molecule has 0 aromatic heterocycles. The fourth-order valence-electron chi connectivity index (χ4n) is 3.63. The maximum Gasteiger partial charge on any atom is 0.244 e. The Labute approximate surface area is 222 Å². The number of benzene rings is 2. The Morgan fingerprint density at radius 3 is 2.25 bits per heavy atom. The molecule has 0 bridgehead atoms. The Kier molecular flexibility index (Phi) is 10.7. The van der Waals surface area contributed by atoms with E-state index >= 15 is 0 Å². The highest BCUT2D eigenvalue weighted by Gasteiger charge is 2.32. The van der Waals surface area contributed by atoms with E-state index in [0.29, 0.717) is 34.3 Å². The summed E-state index contributed by atoms with van der Waals surface area (Å²) in [7, 11) is -1.10. The van der Waals surface area contributed by atoms with Crippen LogP contribution in [0.25, 0.3) is 0 Å². The standard InChI is InChI=1S/C24H31Cl2N3O6S/c1-6-20(24(31)27-7-2)28(14-16-8-10-18(25)19(26)12-16)23(30)15-29(36(5,32)33)21-13-17(34-3)9-11-22(21)35-4/h8-13,20H,6-7,14-15H2,1-5H3,(H,27,31)/t20-/m1/s1. The van der Waals surface area contributed by atoms with Gasteiger partial charge in [0, 0.05) is 19.2 Å². The van der Waals surface area contributed by atoms with Gasteiger partial charge in [-0.15, -0.1) is 0 Å². The summed E-state index contributed by atoms with van der Waals surface area (Å²) in [5, 5.41) is 3.39. The molecule has 0 heterocycles. The largest absolute Gasteiger partial charge is 0.497 e. The van der Waals surface area contributed by atoms with Gasteiger partial charge in [-0.05, 0) is 43.2 Å². The molecule has 1 N–H and O–H groups in total. The van der Waals surface area contributed by atoms with Crippen molar-refractivity contribution in [2.24, 2.45) is 0 Å². The number of likely N-dealkylation sites (N-methyl/N-ethyl adjacent to an activating group) is 1. The van der Waals surface area contributed by atoms with Crippen molar-refractivity contribution in [3.63, 3.8) is 0 Å². The van der Waals surface area contributed by atoms with Crippen LogP contribution in [0, 0.1) is 0 Å². The Hall–Kier alpha value is -2.69. The number of carbonyl (C=O) groups is 2. The molecule has 0 spiro atoms. The lowest BCUT2D eigenvalue weighted by atomic mass is 10.1. The first kappa shape index (κ1) is 29.5. The first-order chi connectivity index (χ1) is 17.0. The van der Waals surface area contributed by atoms with E-state index in [1.807, 2.05) is 0 Å². The number of hydrogen-bond acceptors (Lipinski definition) is 6. The van der Waals surface area contributed by atoms with Gasteiger partial charge < -0.3 is 19.7 Å². The maximum absolute atomic E-state index is 13.7. The Balaban J connectivity index is 2.54. The first-order valence-corrected chi connectivity index (χ1v) is 13.8. The van der Waals surface area contributed by atoms with Crippen molar-refractivity contribution in [2.45, 2.75) is 32.9 Å². The predicted molar refractivity (Wildman–Crippen MR) is 142 cm³/mol. The smallest absolute Gasteiger partial charge is 0.244 e. The lowest BCUT2D eigenvalue weighted by molar-refractivity contribution is -0.140. The van der Waals surface area contributed by atoms with Crippen molar-refractivity contribution in [2.75, 3.05) is 37.9 Å². The van der Waals surface area contributed by atoms with Crippen molar-refractivity contribution in [3.05, 3.63) is 52.0 Å². The molecule has 0 aliphatic carbocycles. The molecule has 2 aromatic rings. The van der Waals surface area contributed by atoms with E-state index in [1.165, 1.54) is 25.2 Å². The number of hydrogen-bond donors (Lipinski definition) is 1. The number of anilines is 1. The average Bonchev–Trinajstić information content (AvgIpc) is 2.83. The number of sulfonamides is 1. The van der Waals surface area contributed by atoms with Crippen LogP contribution in [0.15, 0.2) is 36.4 Å². The van der Waals surface area contributed by atoms with Crippen molar-refractivity contribution in [1.29, 1.82) is 0 Å². The minimum atomic E-state index is -3.94. The van der Waals surface area contributed by atoms with Gasteiger partial charge in [0.2, 0.25) is 21.8 Å². The fourth-order valence-corrected chi connectivity index (χ4v) is 4.80. The van der Waals surface area contributed by atoms with Crippen LogP contribution in [0.1, 0.15) is 25.8 Å². The molecular formula is C24H31Cl2N3O6S. The van der Waals surface area contributed by atoms with Gasteiger partial charge in [-0.2, -0.15) is 0 Å². The third kappa shape index (κ3) is 7.41. The van der Waals surface area contributed by atoms with E-state index in [0.717, 1.165) is 10.6 Å². The van der Waals surface area contributed by atoms with Gasteiger partial charge >= 0.3 is 0 Å². The van der Waals surface area contributed by atoms with E-state index in [2.05, 4.69) is 5.32 Å². The highest BCUT2D eigenvalue weighted by atomic mass is 35.5. The van der Waals surface area contributed by atoms with Crippen molar-refractivity contribution < 1.29 is 27.5 Å². The maximum atomic E-state index is 13.7. The summed E-state index contributed by atoms with van der Waals surface area (Å²) in [6.45, 7) is 3.36. The van der Waals surface area contributed by atoms with Crippen molar-refractivity contribution in [3.8, 4) is 11.5 Å². The van der Waals surface area contributed by atoms with Crippen LogP contribution in [0.5, 0.6) is 11.5 Å². The molecule has 2 amide bonds. The summed E-state index contributed by atoms with van der Waals surface area (Å²) in [4.78, 5) is 27.9. The lowest BCUT2D eigenvalue weighted by Crippen LogP contribution is -2.52. The molecule has 36 heavy (non-hydrogen) atoms. The number of rotatable bonds is 12. The third-order valence-electron chi connectivity index (χ3n) is 5.41. The van der Waals surface area contributed by atoms with Gasteiger partial charge in [0.25, 0.3) is 0 Å². The number of nitrogens with zero attached hydrogens (tertiary/aromatic N) is 2. The number of amides is 2. The summed E-state index contributed by atoms with van der Waals surface area (Å²) in [6, 6.07) is 8.68. The van der Waals surface area contributed by atoms with Gasteiger partial charge in [-0.1, -0.05) is 36.2 Å². The second-order valence-corrected chi connectivity index (χ2v) is 10.6. The zero-order valence-electron chi connectivity index (χ0n) is 20.9. The molecule has 0 aliphatic rings. The summed E-state index contributed by atoms with van der Waals surface area (Å²) in [6.07, 6.45) is 1.30. The summed E-state index contributed by atoms with van der Waals surface area (Å²) < 4.78 is 37.2. The molecule has 1 atom stereocenters. The zero-order valence-corrected chi connectivity index (χ0v) is 23.2. The average molecular weight is 561 g/mol. The number of methoxy groups -OCH3 is 2. The predicted octanol–water partition coefficient (Wildman–Crippen LogP) is 3.72.